The third-order valence-corrected chi connectivity index (χ3v) is 16.4. The maximum absolute atomic E-state index is 13.2. The number of aliphatic hydroxyl groups is 8. The van der Waals surface area contributed by atoms with Crippen LogP contribution in [0, 0.1) is 0 Å². The molecule has 14 nitrogen and oxygen atoms in total. The summed E-state index contributed by atoms with van der Waals surface area (Å²) in [5.74, 6) is -0.247. The summed E-state index contributed by atoms with van der Waals surface area (Å²) < 4.78 is 22.8. The van der Waals surface area contributed by atoms with E-state index >= 15 is 0 Å². The number of unbranched alkanes of at least 4 members (excludes halogenated alkanes) is 39. The van der Waals surface area contributed by atoms with Crippen molar-refractivity contribution in [2.75, 3.05) is 19.8 Å². The second kappa shape index (κ2) is 50.9. The van der Waals surface area contributed by atoms with Gasteiger partial charge in [0.25, 0.3) is 0 Å². The van der Waals surface area contributed by atoms with Gasteiger partial charge in [-0.05, 0) is 44.9 Å². The lowest BCUT2D eigenvalue weighted by atomic mass is 9.97. The fraction of sp³-hybridized carbons (Fsp3) is 0.923. The van der Waals surface area contributed by atoms with Crippen molar-refractivity contribution >= 4 is 5.91 Å². The van der Waals surface area contributed by atoms with Crippen LogP contribution < -0.4 is 5.32 Å². The zero-order valence-electron chi connectivity index (χ0n) is 50.4. The number of carbonyl (C=O) groups excluding carboxylic acids is 1. The van der Waals surface area contributed by atoms with Gasteiger partial charge in [-0.15, -0.1) is 0 Å². The molecular formula is C65H123NO13. The summed E-state index contributed by atoms with van der Waals surface area (Å²) in [7, 11) is 0. The van der Waals surface area contributed by atoms with Crippen LogP contribution in [0.4, 0.5) is 0 Å². The Morgan fingerprint density at radius 3 is 1.23 bits per heavy atom. The Labute approximate surface area is 481 Å². The molecule has 0 aliphatic carbocycles. The smallest absolute Gasteiger partial charge is 0.220 e. The van der Waals surface area contributed by atoms with E-state index in [4.69, 9.17) is 18.9 Å². The zero-order valence-corrected chi connectivity index (χ0v) is 50.4. The predicted octanol–water partition coefficient (Wildman–Crippen LogP) is 12.4. The van der Waals surface area contributed by atoms with E-state index in [1.807, 2.05) is 6.08 Å². The molecule has 0 aromatic rings. The van der Waals surface area contributed by atoms with E-state index in [1.54, 1.807) is 6.08 Å². The molecule has 9 N–H and O–H groups in total. The van der Waals surface area contributed by atoms with E-state index in [-0.39, 0.29) is 18.9 Å². The second-order valence-corrected chi connectivity index (χ2v) is 23.6. The number of carbonyl (C=O) groups is 1. The first kappa shape index (κ1) is 73.6. The van der Waals surface area contributed by atoms with Gasteiger partial charge >= 0.3 is 0 Å². The first-order chi connectivity index (χ1) is 38.6. The number of nitrogens with one attached hydrogen (secondary N) is 1. The average Bonchev–Trinajstić information content (AvgIpc) is 3.48. The van der Waals surface area contributed by atoms with Crippen LogP contribution in [-0.2, 0) is 23.7 Å². The van der Waals surface area contributed by atoms with E-state index in [0.717, 1.165) is 57.8 Å². The van der Waals surface area contributed by atoms with Gasteiger partial charge in [-0.25, -0.2) is 0 Å². The predicted molar refractivity (Wildman–Crippen MR) is 318 cm³/mol. The fourth-order valence-corrected chi connectivity index (χ4v) is 11.1. The standard InChI is InChI=1S/C65H123NO13/c1-3-5-7-9-11-13-15-17-18-19-20-21-22-23-24-25-26-27-28-29-30-31-32-33-34-35-36-37-38-40-42-44-46-48-54(69)53(66-57(70)49-47-45-43-41-39-16-14-12-10-8-6-4-2)52-76-64-62(75)60(73)63(56(51-68)78-64)79-65-61(74)59(72)58(71)55(50-67)77-65/h12,14,46,48,53-56,58-65,67-69,71-75H,3-11,13,15-45,47,49-52H2,1-2H3,(H,66,70)/b14-12-,48-46+. The molecule has 12 atom stereocenters. The molecule has 2 heterocycles. The van der Waals surface area contributed by atoms with E-state index in [9.17, 15) is 45.6 Å². The van der Waals surface area contributed by atoms with Crippen molar-refractivity contribution in [1.82, 2.24) is 5.32 Å². The number of hydrogen-bond acceptors (Lipinski definition) is 13. The Hall–Kier alpha value is -1.53. The Bertz CT molecular complexity index is 1420. The van der Waals surface area contributed by atoms with E-state index in [0.29, 0.717) is 6.42 Å². The van der Waals surface area contributed by atoms with Gasteiger partial charge in [0.05, 0.1) is 32.0 Å². The molecule has 2 aliphatic rings. The van der Waals surface area contributed by atoms with E-state index < -0.39 is 86.8 Å². The van der Waals surface area contributed by atoms with Gasteiger partial charge in [-0.2, -0.15) is 0 Å². The lowest BCUT2D eigenvalue weighted by Crippen LogP contribution is -2.65. The minimum Gasteiger partial charge on any atom is -0.394 e. The maximum atomic E-state index is 13.2. The molecule has 0 spiro atoms. The minimum absolute atomic E-state index is 0.247. The number of allylic oxidation sites excluding steroid dienone is 3. The lowest BCUT2D eigenvalue weighted by molar-refractivity contribution is -0.359. The highest BCUT2D eigenvalue weighted by Gasteiger charge is 2.51. The summed E-state index contributed by atoms with van der Waals surface area (Å²) in [6, 6.07) is -0.917. The topological polar surface area (TPSA) is 228 Å². The number of amides is 1. The van der Waals surface area contributed by atoms with Crippen molar-refractivity contribution in [1.29, 1.82) is 0 Å². The number of hydrogen-bond donors (Lipinski definition) is 9. The monoisotopic (exact) mass is 1130 g/mol. The van der Waals surface area contributed by atoms with Gasteiger partial charge in [-0.1, -0.05) is 263 Å². The number of rotatable bonds is 54. The van der Waals surface area contributed by atoms with Gasteiger partial charge in [0.15, 0.2) is 12.6 Å². The molecule has 14 heteroatoms. The summed E-state index contributed by atoms with van der Waals surface area (Å²) in [5.41, 5.74) is 0. The van der Waals surface area contributed by atoms with Crippen LogP contribution in [0.25, 0.3) is 0 Å². The van der Waals surface area contributed by atoms with Gasteiger partial charge in [0, 0.05) is 6.42 Å². The van der Waals surface area contributed by atoms with Crippen molar-refractivity contribution in [2.24, 2.45) is 0 Å². The fourth-order valence-electron chi connectivity index (χ4n) is 11.1. The molecule has 2 saturated heterocycles. The van der Waals surface area contributed by atoms with Crippen LogP contribution in [0.15, 0.2) is 24.3 Å². The average molecular weight is 1130 g/mol. The highest BCUT2D eigenvalue weighted by atomic mass is 16.7. The van der Waals surface area contributed by atoms with Crippen molar-refractivity contribution in [2.45, 2.75) is 364 Å². The maximum Gasteiger partial charge on any atom is 0.220 e. The summed E-state index contributed by atoms with van der Waals surface area (Å²) in [6.07, 6.45) is 45.4. The first-order valence-corrected chi connectivity index (χ1v) is 33.1. The van der Waals surface area contributed by atoms with Crippen LogP contribution in [-0.4, -0.2) is 140 Å². The van der Waals surface area contributed by atoms with E-state index in [2.05, 4.69) is 31.3 Å². The van der Waals surface area contributed by atoms with Crippen LogP contribution >= 0.6 is 0 Å². The number of ether oxygens (including phenoxy) is 4. The van der Waals surface area contributed by atoms with Crippen LogP contribution in [0.1, 0.15) is 290 Å². The van der Waals surface area contributed by atoms with Crippen LogP contribution in [0.3, 0.4) is 0 Å². The van der Waals surface area contributed by atoms with Crippen molar-refractivity contribution in [3.63, 3.8) is 0 Å². The molecule has 79 heavy (non-hydrogen) atoms. The van der Waals surface area contributed by atoms with Crippen LogP contribution in [0.2, 0.25) is 0 Å². The third kappa shape index (κ3) is 36.0. The minimum atomic E-state index is -1.79. The molecule has 1 amide bonds. The summed E-state index contributed by atoms with van der Waals surface area (Å²) in [6.45, 7) is 2.79. The SMILES string of the molecule is CCCCC/C=C\CCCCCCCC(=O)NC(COC1OC(CO)C(OC2OC(CO)C(O)C(O)C2O)C(O)C1O)C(O)/C=C/CCCCCCCCCCCCCCCCCCCCCCCCCCCCCCCCC. The van der Waals surface area contributed by atoms with Gasteiger partial charge < -0.3 is 65.1 Å². The van der Waals surface area contributed by atoms with E-state index in [1.165, 1.54) is 205 Å². The quantitative estimate of drug-likeness (QED) is 0.0204. The van der Waals surface area contributed by atoms with Crippen molar-refractivity contribution in [3.05, 3.63) is 24.3 Å². The van der Waals surface area contributed by atoms with Crippen molar-refractivity contribution < 1.29 is 64.6 Å². The first-order valence-electron chi connectivity index (χ1n) is 33.1. The zero-order chi connectivity index (χ0) is 57.4. The normalized spacial score (nSPS) is 24.5. The second-order valence-electron chi connectivity index (χ2n) is 23.6. The van der Waals surface area contributed by atoms with Gasteiger partial charge in [-0.3, -0.25) is 4.79 Å². The lowest BCUT2D eigenvalue weighted by Gasteiger charge is -2.46. The molecule has 0 saturated carbocycles. The molecule has 2 rings (SSSR count). The Morgan fingerprint density at radius 2 is 0.797 bits per heavy atom. The summed E-state index contributed by atoms with van der Waals surface area (Å²) in [4.78, 5) is 13.2. The molecule has 12 unspecified atom stereocenters. The molecular weight excluding hydrogens is 1000 g/mol. The summed E-state index contributed by atoms with van der Waals surface area (Å²) in [5, 5.41) is 87.1. The van der Waals surface area contributed by atoms with Gasteiger partial charge in [0.2, 0.25) is 5.91 Å². The Kier molecular flexibility index (Phi) is 47.4. The largest absolute Gasteiger partial charge is 0.394 e. The molecule has 0 aromatic heterocycles. The van der Waals surface area contributed by atoms with Gasteiger partial charge in [0.1, 0.15) is 48.8 Å². The molecule has 466 valence electrons. The molecule has 2 fully saturated rings. The number of aliphatic hydroxyl groups excluding tert-OH is 8. The molecule has 2 aliphatic heterocycles. The Balaban J connectivity index is 1.63. The Morgan fingerprint density at radius 1 is 0.443 bits per heavy atom. The van der Waals surface area contributed by atoms with Crippen molar-refractivity contribution in [3.8, 4) is 0 Å². The molecule has 0 radical (unpaired) electrons. The third-order valence-electron chi connectivity index (χ3n) is 16.4. The summed E-state index contributed by atoms with van der Waals surface area (Å²) >= 11 is 0. The molecule has 0 bridgehead atoms. The highest BCUT2D eigenvalue weighted by Crippen LogP contribution is 2.30. The van der Waals surface area contributed by atoms with Crippen LogP contribution in [0.5, 0.6) is 0 Å². The molecule has 0 aromatic carbocycles. The highest BCUT2D eigenvalue weighted by molar-refractivity contribution is 5.76.